The topological polar surface area (TPSA) is 74.8 Å². The molecule has 2 N–H and O–H groups in total. The van der Waals surface area contributed by atoms with Gasteiger partial charge in [-0.05, 0) is 24.3 Å². The van der Waals surface area contributed by atoms with Crippen LogP contribution in [0.15, 0.2) is 41.7 Å². The zero-order valence-electron chi connectivity index (χ0n) is 10.1. The Balaban J connectivity index is 1.91. The fourth-order valence-electron chi connectivity index (χ4n) is 1.58. The monoisotopic (exact) mass is 265 g/mol. The molecule has 0 radical (unpaired) electrons. The van der Waals surface area contributed by atoms with Gasteiger partial charge in [-0.1, -0.05) is 0 Å². The maximum Gasteiger partial charge on any atom is 0.175 e. The summed E-state index contributed by atoms with van der Waals surface area (Å²) in [5.74, 6) is 0. The van der Waals surface area contributed by atoms with Crippen LogP contribution >= 0.6 is 0 Å². The highest BCUT2D eigenvalue weighted by Gasteiger charge is 2.05. The number of rotatable bonds is 5. The maximum absolute atomic E-state index is 11.3. The lowest BCUT2D eigenvalue weighted by molar-refractivity contribution is 0.602. The molecule has 96 valence electrons. The van der Waals surface area contributed by atoms with E-state index in [1.165, 1.54) is 6.26 Å². The zero-order valence-corrected chi connectivity index (χ0v) is 10.9. The van der Waals surface area contributed by atoms with Crippen molar-refractivity contribution >= 4 is 15.5 Å². The molecular formula is C12H15N3O2S. The number of hydrogen-bond acceptors (Lipinski definition) is 4. The van der Waals surface area contributed by atoms with Gasteiger partial charge >= 0.3 is 0 Å². The van der Waals surface area contributed by atoms with E-state index in [1.54, 1.807) is 36.8 Å². The minimum atomic E-state index is -3.12. The second-order valence-corrected chi connectivity index (χ2v) is 6.07. The summed E-state index contributed by atoms with van der Waals surface area (Å²) in [5.41, 5.74) is 1.97. The Bertz CT molecular complexity index is 589. The average molecular weight is 265 g/mol. The van der Waals surface area contributed by atoms with Gasteiger partial charge in [0, 0.05) is 36.8 Å². The molecule has 1 aromatic heterocycles. The third-order valence-electron chi connectivity index (χ3n) is 2.56. The predicted octanol–water partition coefficient (Wildman–Crippen LogP) is 1.47. The minimum Gasteiger partial charge on any atom is -0.385 e. The third-order valence-corrected chi connectivity index (χ3v) is 3.69. The quantitative estimate of drug-likeness (QED) is 0.858. The average Bonchev–Trinajstić information content (AvgIpc) is 2.82. The van der Waals surface area contributed by atoms with Crippen LogP contribution in [0.2, 0.25) is 0 Å². The van der Waals surface area contributed by atoms with E-state index in [9.17, 15) is 8.42 Å². The summed E-state index contributed by atoms with van der Waals surface area (Å²) in [6.07, 6.45) is 5.48. The second kappa shape index (κ2) is 5.22. The van der Waals surface area contributed by atoms with Gasteiger partial charge in [-0.25, -0.2) is 13.4 Å². The Morgan fingerprint density at radius 1 is 1.28 bits per heavy atom. The number of nitrogens with one attached hydrogen (secondary N) is 2. The highest BCUT2D eigenvalue weighted by Crippen LogP contribution is 2.13. The highest BCUT2D eigenvalue weighted by molar-refractivity contribution is 7.90. The molecular weight excluding hydrogens is 250 g/mol. The van der Waals surface area contributed by atoms with Gasteiger partial charge in [0.15, 0.2) is 9.84 Å². The summed E-state index contributed by atoms with van der Waals surface area (Å²) >= 11 is 0. The summed E-state index contributed by atoms with van der Waals surface area (Å²) < 4.78 is 22.6. The summed E-state index contributed by atoms with van der Waals surface area (Å²) in [6, 6.07) is 6.74. The van der Waals surface area contributed by atoms with E-state index >= 15 is 0 Å². The van der Waals surface area contributed by atoms with Gasteiger partial charge in [0.05, 0.1) is 11.2 Å². The molecule has 0 spiro atoms. The summed E-state index contributed by atoms with van der Waals surface area (Å²) in [5, 5.41) is 3.22. The molecule has 0 aliphatic heterocycles. The van der Waals surface area contributed by atoms with Gasteiger partial charge in [0.25, 0.3) is 0 Å². The maximum atomic E-state index is 11.3. The number of aromatic nitrogens is 2. The van der Waals surface area contributed by atoms with Crippen LogP contribution in [-0.2, 0) is 16.3 Å². The number of imidazole rings is 1. The molecule has 0 saturated heterocycles. The van der Waals surface area contributed by atoms with Crippen molar-refractivity contribution < 1.29 is 8.42 Å². The normalized spacial score (nSPS) is 11.4. The molecule has 0 unspecified atom stereocenters. The van der Waals surface area contributed by atoms with E-state index < -0.39 is 9.84 Å². The van der Waals surface area contributed by atoms with Crippen molar-refractivity contribution in [1.29, 1.82) is 0 Å². The third kappa shape index (κ3) is 3.33. The molecule has 0 fully saturated rings. The first kappa shape index (κ1) is 12.6. The van der Waals surface area contributed by atoms with Gasteiger partial charge in [0.2, 0.25) is 0 Å². The van der Waals surface area contributed by atoms with E-state index in [1.807, 2.05) is 0 Å². The van der Waals surface area contributed by atoms with Crippen LogP contribution in [0, 0.1) is 0 Å². The fourth-order valence-corrected chi connectivity index (χ4v) is 2.21. The van der Waals surface area contributed by atoms with Crippen molar-refractivity contribution in [3.05, 3.63) is 42.5 Å². The second-order valence-electron chi connectivity index (χ2n) is 4.05. The lowest BCUT2D eigenvalue weighted by Gasteiger charge is -2.06. The van der Waals surface area contributed by atoms with Crippen LogP contribution in [0.3, 0.4) is 0 Å². The van der Waals surface area contributed by atoms with E-state index in [-0.39, 0.29) is 0 Å². The zero-order chi connectivity index (χ0) is 13.0. The summed E-state index contributed by atoms with van der Waals surface area (Å²) in [6.45, 7) is 0.764. The molecule has 0 aliphatic carbocycles. The highest BCUT2D eigenvalue weighted by atomic mass is 32.2. The molecule has 1 heterocycles. The van der Waals surface area contributed by atoms with Crippen LogP contribution in [0.5, 0.6) is 0 Å². The number of anilines is 1. The van der Waals surface area contributed by atoms with Gasteiger partial charge in [-0.3, -0.25) is 0 Å². The van der Waals surface area contributed by atoms with E-state index in [2.05, 4.69) is 15.3 Å². The molecule has 1 aromatic carbocycles. The van der Waals surface area contributed by atoms with Crippen LogP contribution in [0.4, 0.5) is 5.69 Å². The number of aromatic amines is 1. The molecule has 2 rings (SSSR count). The molecule has 0 bridgehead atoms. The summed E-state index contributed by atoms with van der Waals surface area (Å²) in [4.78, 5) is 7.29. The SMILES string of the molecule is CS(=O)(=O)c1ccc(NCCc2cnc[nH]2)cc1. The van der Waals surface area contributed by atoms with E-state index in [0.717, 1.165) is 24.3 Å². The smallest absolute Gasteiger partial charge is 0.175 e. The van der Waals surface area contributed by atoms with Crippen LogP contribution in [0.25, 0.3) is 0 Å². The molecule has 0 aliphatic rings. The molecule has 18 heavy (non-hydrogen) atoms. The van der Waals surface area contributed by atoms with Gasteiger partial charge < -0.3 is 10.3 Å². The Morgan fingerprint density at radius 3 is 2.56 bits per heavy atom. The number of nitrogens with zero attached hydrogens (tertiary/aromatic N) is 1. The lowest BCUT2D eigenvalue weighted by Crippen LogP contribution is -2.05. The largest absolute Gasteiger partial charge is 0.385 e. The van der Waals surface area contributed by atoms with Gasteiger partial charge in [-0.15, -0.1) is 0 Å². The van der Waals surface area contributed by atoms with E-state index in [0.29, 0.717) is 4.90 Å². The van der Waals surface area contributed by atoms with Crippen molar-refractivity contribution in [1.82, 2.24) is 9.97 Å². The minimum absolute atomic E-state index is 0.335. The first-order chi connectivity index (χ1) is 8.55. The number of H-pyrrole nitrogens is 1. The van der Waals surface area contributed by atoms with Crippen LogP contribution in [0.1, 0.15) is 5.69 Å². The first-order valence-electron chi connectivity index (χ1n) is 5.57. The molecule has 0 atom stereocenters. The Hall–Kier alpha value is -1.82. The molecule has 0 amide bonds. The van der Waals surface area contributed by atoms with Crippen molar-refractivity contribution in [3.63, 3.8) is 0 Å². The first-order valence-corrected chi connectivity index (χ1v) is 7.46. The molecule has 0 saturated carbocycles. The van der Waals surface area contributed by atoms with Crippen LogP contribution in [-0.4, -0.2) is 31.2 Å². The van der Waals surface area contributed by atoms with Crippen molar-refractivity contribution in [2.24, 2.45) is 0 Å². The van der Waals surface area contributed by atoms with Crippen molar-refractivity contribution in [3.8, 4) is 0 Å². The number of benzene rings is 1. The standard InChI is InChI=1S/C12H15N3O2S/c1-18(16,17)12-4-2-10(3-5-12)14-7-6-11-8-13-9-15-11/h2-5,8-9,14H,6-7H2,1H3,(H,13,15). The molecule has 6 heteroatoms. The fraction of sp³-hybridized carbons (Fsp3) is 0.250. The Kier molecular flexibility index (Phi) is 3.66. The predicted molar refractivity (Wildman–Crippen MR) is 70.3 cm³/mol. The van der Waals surface area contributed by atoms with E-state index in [4.69, 9.17) is 0 Å². The van der Waals surface area contributed by atoms with Gasteiger partial charge in [0.1, 0.15) is 0 Å². The Labute approximate surface area is 106 Å². The van der Waals surface area contributed by atoms with Crippen molar-refractivity contribution in [2.45, 2.75) is 11.3 Å². The van der Waals surface area contributed by atoms with Crippen molar-refractivity contribution in [2.75, 3.05) is 18.1 Å². The van der Waals surface area contributed by atoms with Crippen LogP contribution < -0.4 is 5.32 Å². The summed E-state index contributed by atoms with van der Waals surface area (Å²) in [7, 11) is -3.12. The molecule has 5 nitrogen and oxygen atoms in total. The number of hydrogen-bond donors (Lipinski definition) is 2. The lowest BCUT2D eigenvalue weighted by atomic mass is 10.3. The Morgan fingerprint density at radius 2 is 2.00 bits per heavy atom. The van der Waals surface area contributed by atoms with Gasteiger partial charge in [-0.2, -0.15) is 0 Å². The molecule has 2 aromatic rings. The number of sulfone groups is 1.